The van der Waals surface area contributed by atoms with Gasteiger partial charge in [0, 0.05) is 22.5 Å². The van der Waals surface area contributed by atoms with E-state index in [1.165, 1.54) is 40.8 Å². The van der Waals surface area contributed by atoms with E-state index in [4.69, 9.17) is 4.74 Å². The first-order chi connectivity index (χ1) is 9.25. The third-order valence-electron chi connectivity index (χ3n) is 3.40. The lowest BCUT2D eigenvalue weighted by atomic mass is 9.98. The van der Waals surface area contributed by atoms with Crippen molar-refractivity contribution in [1.29, 1.82) is 0 Å². The number of halogens is 2. The lowest BCUT2D eigenvalue weighted by Crippen LogP contribution is -2.20. The number of hydrogen-bond donors (Lipinski definition) is 1. The summed E-state index contributed by atoms with van der Waals surface area (Å²) in [5.74, 6) is 0. The van der Waals surface area contributed by atoms with Crippen molar-refractivity contribution in [2.75, 3.05) is 13.2 Å². The van der Waals surface area contributed by atoms with E-state index in [0.29, 0.717) is 6.10 Å². The normalized spacial score (nSPS) is 16.9. The van der Waals surface area contributed by atoms with Gasteiger partial charge in [-0.1, -0.05) is 19.3 Å². The van der Waals surface area contributed by atoms with Gasteiger partial charge in [-0.3, -0.25) is 0 Å². The fraction of sp³-hybridized carbons (Fsp3) is 0.714. The van der Waals surface area contributed by atoms with Crippen LogP contribution in [0.3, 0.4) is 0 Å². The molecule has 1 aromatic heterocycles. The second-order valence-corrected chi connectivity index (χ2v) is 8.30. The SMILES string of the molecule is Brc1cc(CNCCCOC2CCCCC2)sc1Br. The van der Waals surface area contributed by atoms with Gasteiger partial charge in [0.2, 0.25) is 0 Å². The second kappa shape index (κ2) is 8.78. The van der Waals surface area contributed by atoms with Crippen molar-refractivity contribution in [1.82, 2.24) is 5.32 Å². The highest BCUT2D eigenvalue weighted by Gasteiger charge is 2.12. The van der Waals surface area contributed by atoms with Crippen molar-refractivity contribution in [2.24, 2.45) is 0 Å². The van der Waals surface area contributed by atoms with Gasteiger partial charge in [0.15, 0.2) is 0 Å². The first-order valence-electron chi connectivity index (χ1n) is 7.02. The maximum atomic E-state index is 5.91. The van der Waals surface area contributed by atoms with Crippen LogP contribution in [0.1, 0.15) is 43.4 Å². The Morgan fingerprint density at radius 3 is 2.74 bits per heavy atom. The fourth-order valence-electron chi connectivity index (χ4n) is 2.37. The molecule has 0 amide bonds. The van der Waals surface area contributed by atoms with Gasteiger partial charge in [0.05, 0.1) is 9.89 Å². The topological polar surface area (TPSA) is 21.3 Å². The molecule has 2 rings (SSSR count). The minimum absolute atomic E-state index is 0.540. The average Bonchev–Trinajstić information content (AvgIpc) is 2.74. The molecular formula is C14H21Br2NOS. The summed E-state index contributed by atoms with van der Waals surface area (Å²) in [6, 6.07) is 2.17. The molecule has 19 heavy (non-hydrogen) atoms. The molecule has 1 fully saturated rings. The van der Waals surface area contributed by atoms with E-state index in [2.05, 4.69) is 43.2 Å². The van der Waals surface area contributed by atoms with Crippen molar-refractivity contribution in [3.63, 3.8) is 0 Å². The molecule has 0 radical (unpaired) electrons. The molecule has 1 aliphatic rings. The fourth-order valence-corrected chi connectivity index (χ4v) is 4.52. The van der Waals surface area contributed by atoms with E-state index in [1.807, 2.05) is 0 Å². The molecule has 0 unspecified atom stereocenters. The van der Waals surface area contributed by atoms with Gasteiger partial charge in [-0.2, -0.15) is 0 Å². The van der Waals surface area contributed by atoms with Crippen LogP contribution < -0.4 is 5.32 Å². The van der Waals surface area contributed by atoms with Crippen molar-refractivity contribution in [3.8, 4) is 0 Å². The first kappa shape index (κ1) is 16.0. The molecule has 2 nitrogen and oxygen atoms in total. The summed E-state index contributed by atoms with van der Waals surface area (Å²) in [5.41, 5.74) is 0. The molecule has 0 saturated heterocycles. The number of ether oxygens (including phenoxy) is 1. The Morgan fingerprint density at radius 2 is 2.05 bits per heavy atom. The van der Waals surface area contributed by atoms with Crippen LogP contribution in [0.15, 0.2) is 14.3 Å². The highest BCUT2D eigenvalue weighted by atomic mass is 79.9. The summed E-state index contributed by atoms with van der Waals surface area (Å²) in [4.78, 5) is 1.35. The number of nitrogens with one attached hydrogen (secondary N) is 1. The molecule has 1 heterocycles. The lowest BCUT2D eigenvalue weighted by Gasteiger charge is -2.21. The van der Waals surface area contributed by atoms with Crippen LogP contribution in [-0.2, 0) is 11.3 Å². The molecule has 0 aliphatic heterocycles. The molecule has 1 N–H and O–H groups in total. The maximum Gasteiger partial charge on any atom is 0.0843 e. The van der Waals surface area contributed by atoms with Gasteiger partial charge in [-0.25, -0.2) is 0 Å². The number of hydrogen-bond acceptors (Lipinski definition) is 3. The van der Waals surface area contributed by atoms with Crippen molar-refractivity contribution in [2.45, 2.75) is 51.2 Å². The van der Waals surface area contributed by atoms with Crippen LogP contribution in [0, 0.1) is 0 Å². The zero-order valence-electron chi connectivity index (χ0n) is 11.1. The molecule has 108 valence electrons. The van der Waals surface area contributed by atoms with Crippen LogP contribution in [-0.4, -0.2) is 19.3 Å². The summed E-state index contributed by atoms with van der Waals surface area (Å²) in [7, 11) is 0. The van der Waals surface area contributed by atoms with Crippen LogP contribution >= 0.6 is 43.2 Å². The van der Waals surface area contributed by atoms with E-state index in [-0.39, 0.29) is 0 Å². The van der Waals surface area contributed by atoms with Gasteiger partial charge in [-0.05, 0) is 63.7 Å². The first-order valence-corrected chi connectivity index (χ1v) is 9.42. The van der Waals surface area contributed by atoms with Gasteiger partial charge in [0.1, 0.15) is 0 Å². The van der Waals surface area contributed by atoms with Gasteiger partial charge in [0.25, 0.3) is 0 Å². The van der Waals surface area contributed by atoms with Crippen LogP contribution in [0.25, 0.3) is 0 Å². The van der Waals surface area contributed by atoms with E-state index in [0.717, 1.165) is 30.6 Å². The highest BCUT2D eigenvalue weighted by Crippen LogP contribution is 2.32. The second-order valence-electron chi connectivity index (χ2n) is 5.00. The Morgan fingerprint density at radius 1 is 1.26 bits per heavy atom. The summed E-state index contributed by atoms with van der Waals surface area (Å²) in [5, 5.41) is 3.47. The Bertz CT molecular complexity index is 358. The molecule has 0 bridgehead atoms. The third kappa shape index (κ3) is 5.84. The van der Waals surface area contributed by atoms with Crippen LogP contribution in [0.2, 0.25) is 0 Å². The quantitative estimate of drug-likeness (QED) is 0.631. The van der Waals surface area contributed by atoms with Gasteiger partial charge in [-0.15, -0.1) is 11.3 Å². The molecular weight excluding hydrogens is 390 g/mol. The largest absolute Gasteiger partial charge is 0.378 e. The molecule has 1 aliphatic carbocycles. The molecule has 0 spiro atoms. The summed E-state index contributed by atoms with van der Waals surface area (Å²) < 4.78 is 8.23. The lowest BCUT2D eigenvalue weighted by molar-refractivity contribution is 0.0273. The van der Waals surface area contributed by atoms with Crippen LogP contribution in [0.5, 0.6) is 0 Å². The predicted octanol–water partition coefficient (Wildman–Crippen LogP) is 5.10. The summed E-state index contributed by atoms with van der Waals surface area (Å²) in [6.45, 7) is 2.87. The van der Waals surface area contributed by atoms with E-state index in [1.54, 1.807) is 11.3 Å². The van der Waals surface area contributed by atoms with Crippen molar-refractivity contribution >= 4 is 43.2 Å². The van der Waals surface area contributed by atoms with Crippen molar-refractivity contribution in [3.05, 3.63) is 19.2 Å². The predicted molar refractivity (Wildman–Crippen MR) is 88.9 cm³/mol. The van der Waals surface area contributed by atoms with Gasteiger partial charge < -0.3 is 10.1 Å². The zero-order valence-corrected chi connectivity index (χ0v) is 15.1. The number of thiophene rings is 1. The third-order valence-corrected chi connectivity index (χ3v) is 6.66. The monoisotopic (exact) mass is 409 g/mol. The Labute approximate surface area is 136 Å². The van der Waals surface area contributed by atoms with Crippen molar-refractivity contribution < 1.29 is 4.74 Å². The van der Waals surface area contributed by atoms with E-state index >= 15 is 0 Å². The summed E-state index contributed by atoms with van der Waals surface area (Å²) >= 11 is 8.80. The van der Waals surface area contributed by atoms with Gasteiger partial charge >= 0.3 is 0 Å². The Kier molecular flexibility index (Phi) is 7.37. The molecule has 1 aromatic rings. The summed E-state index contributed by atoms with van der Waals surface area (Å²) in [6.07, 6.45) is 8.28. The maximum absolute atomic E-state index is 5.91. The zero-order chi connectivity index (χ0) is 13.5. The average molecular weight is 411 g/mol. The van der Waals surface area contributed by atoms with Crippen LogP contribution in [0.4, 0.5) is 0 Å². The number of rotatable bonds is 7. The minimum atomic E-state index is 0.540. The standard InChI is InChI=1S/C14H21Br2NOS/c15-13-9-12(19-14(13)16)10-17-7-4-8-18-11-5-2-1-3-6-11/h9,11,17H,1-8,10H2. The molecule has 1 saturated carbocycles. The highest BCUT2D eigenvalue weighted by molar-refractivity contribution is 9.13. The molecule has 5 heteroatoms. The van der Waals surface area contributed by atoms with E-state index < -0.39 is 0 Å². The Hall–Kier alpha value is 0.580. The van der Waals surface area contributed by atoms with E-state index in [9.17, 15) is 0 Å². The smallest absolute Gasteiger partial charge is 0.0843 e. The minimum Gasteiger partial charge on any atom is -0.378 e. The molecule has 0 atom stereocenters. The molecule has 0 aromatic carbocycles. The Balaban J connectivity index is 1.50.